The maximum Gasteiger partial charge on any atom is 0.303 e. The standard InChI is InChI=1S/C56H80O26/c1-20-33(78-39-18-36(76-27(8)58)52(25(6)74-39)81-37-15-32(60)46(63)22(3)71-37)14-30-12-29-13-31(53(70-11)51(68)45(62)21(2)57)54(50(67)43(29)49(66)42(30)44(20)61)82-40-17-34(47(64)24(5)73-40)79-38-16-35(48(65)23(4)72-38)80-41-19-56(10,69)55(26(7)75-41)77-28(9)59/h12,14,21-26,31-32,34-41,45-48,52-55,57,60-66,69H,13,15-19H2,1-11H3. The Labute approximate surface area is 473 Å². The Balaban J connectivity index is 1.03. The lowest BCUT2D eigenvalue weighted by Crippen LogP contribution is -2.59. The molecule has 0 amide bonds. The number of benzene rings is 2. The van der Waals surface area contributed by atoms with Gasteiger partial charge in [-0.15, -0.1) is 0 Å². The molecular weight excluding hydrogens is 1090 g/mol. The average Bonchev–Trinajstić information content (AvgIpc) is 2.55. The van der Waals surface area contributed by atoms with Crippen molar-refractivity contribution in [2.45, 2.75) is 255 Å². The van der Waals surface area contributed by atoms with Crippen LogP contribution in [0.1, 0.15) is 116 Å². The van der Waals surface area contributed by atoms with Crippen LogP contribution in [-0.2, 0) is 77.6 Å². The molecule has 1 aliphatic carbocycles. The monoisotopic (exact) mass is 1170 g/mol. The minimum atomic E-state index is -1.97. The van der Waals surface area contributed by atoms with Crippen LogP contribution in [0.4, 0.5) is 0 Å². The molecule has 0 saturated carbocycles. The molecule has 25 unspecified atom stereocenters. The highest BCUT2D eigenvalue weighted by molar-refractivity contribution is 6.11. The molecule has 5 saturated heterocycles. The van der Waals surface area contributed by atoms with E-state index in [9.17, 15) is 60.3 Å². The van der Waals surface area contributed by atoms with Crippen molar-refractivity contribution in [2.75, 3.05) is 7.11 Å². The van der Waals surface area contributed by atoms with Crippen LogP contribution < -0.4 is 4.74 Å². The Morgan fingerprint density at radius 3 is 1.78 bits per heavy atom. The molecule has 0 spiro atoms. The lowest BCUT2D eigenvalue weighted by atomic mass is 9.75. The molecule has 2 aromatic rings. The summed E-state index contributed by atoms with van der Waals surface area (Å²) in [5, 5.41) is 99.7. The van der Waals surface area contributed by atoms with Gasteiger partial charge in [0.25, 0.3) is 0 Å². The first-order valence-corrected chi connectivity index (χ1v) is 27.8. The predicted octanol–water partition coefficient (Wildman–Crippen LogP) is 0.892. The van der Waals surface area contributed by atoms with Crippen molar-refractivity contribution in [1.82, 2.24) is 0 Å². The van der Waals surface area contributed by atoms with Gasteiger partial charge in [0.15, 0.2) is 42.8 Å². The number of aliphatic hydroxyl groups excluding tert-OH is 6. The van der Waals surface area contributed by atoms with Crippen LogP contribution >= 0.6 is 0 Å². The third-order valence-electron chi connectivity index (χ3n) is 16.4. The first-order valence-electron chi connectivity index (χ1n) is 27.8. The van der Waals surface area contributed by atoms with Gasteiger partial charge in [-0.25, -0.2) is 0 Å². The fraction of sp³-hybridized carbons (Fsp3) is 0.750. The molecule has 5 fully saturated rings. The van der Waals surface area contributed by atoms with Crippen molar-refractivity contribution in [3.05, 3.63) is 28.8 Å². The quantitative estimate of drug-likeness (QED) is 0.0993. The van der Waals surface area contributed by atoms with E-state index in [0.717, 1.165) is 0 Å². The molecule has 8 rings (SSSR count). The molecule has 0 radical (unpaired) electrons. The van der Waals surface area contributed by atoms with Gasteiger partial charge < -0.3 is 108 Å². The fourth-order valence-corrected chi connectivity index (χ4v) is 12.1. The summed E-state index contributed by atoms with van der Waals surface area (Å²) in [6.45, 7) is 14.6. The number of phenols is 2. The Kier molecular flexibility index (Phi) is 20.0. The Morgan fingerprint density at radius 2 is 1.22 bits per heavy atom. The Hall–Kier alpha value is -4.30. The minimum Gasteiger partial charge on any atom is -0.507 e. The van der Waals surface area contributed by atoms with Crippen molar-refractivity contribution in [1.29, 1.82) is 0 Å². The maximum absolute atomic E-state index is 15.1. The molecule has 0 bridgehead atoms. The van der Waals surface area contributed by atoms with Crippen LogP contribution in [0.5, 0.6) is 17.2 Å². The molecule has 26 heteroatoms. The number of hydrogen-bond donors (Lipinski definition) is 9. The summed E-state index contributed by atoms with van der Waals surface area (Å²) in [6, 6.07) is 3.00. The lowest BCUT2D eigenvalue weighted by molar-refractivity contribution is -0.334. The molecular formula is C56H80O26. The second-order valence-corrected chi connectivity index (χ2v) is 22.9. The van der Waals surface area contributed by atoms with Crippen molar-refractivity contribution >= 4 is 34.3 Å². The second kappa shape index (κ2) is 25.7. The highest BCUT2D eigenvalue weighted by atomic mass is 16.7. The largest absolute Gasteiger partial charge is 0.507 e. The van der Waals surface area contributed by atoms with Gasteiger partial charge in [0, 0.05) is 64.5 Å². The number of Topliss-reactive ketones (excluding diaryl/α,β-unsaturated/α-hetero) is 2. The van der Waals surface area contributed by atoms with Crippen LogP contribution in [0.3, 0.4) is 0 Å². The van der Waals surface area contributed by atoms with Gasteiger partial charge in [0.05, 0.1) is 65.9 Å². The second-order valence-electron chi connectivity index (χ2n) is 22.9. The summed E-state index contributed by atoms with van der Waals surface area (Å²) in [6.07, 6.45) is -27.2. The number of phenolic OH excluding ortho intramolecular Hbond substituents is 2. The number of ketones is 2. The fourth-order valence-electron chi connectivity index (χ4n) is 12.1. The van der Waals surface area contributed by atoms with E-state index in [-0.39, 0.29) is 71.7 Å². The van der Waals surface area contributed by atoms with Gasteiger partial charge in [-0.2, -0.15) is 0 Å². The minimum absolute atomic E-state index is 0.0626. The molecule has 2 aromatic carbocycles. The van der Waals surface area contributed by atoms with E-state index >= 15 is 4.79 Å². The molecule has 460 valence electrons. The SMILES string of the molecule is COC(C(=O)C(O)C(C)O)C1Cc2cc3cc(OC4CC(OC(C)=O)C(OC5CC(O)C(O)C(C)O5)C(C)O4)c(C)c(O)c3c(O)c2C(=O)C1OC1CC(OC2CC(OC3CC(C)(O)C(OC(C)=O)C(C)O3)C(O)C(C)O2)C(O)C(C)O1. The van der Waals surface area contributed by atoms with Crippen molar-refractivity contribution in [3.63, 3.8) is 0 Å². The van der Waals surface area contributed by atoms with Crippen molar-refractivity contribution < 1.29 is 127 Å². The number of carbonyl (C=O) groups is 4. The van der Waals surface area contributed by atoms with E-state index in [1.165, 1.54) is 60.8 Å². The molecule has 9 N–H and O–H groups in total. The van der Waals surface area contributed by atoms with Crippen molar-refractivity contribution in [3.8, 4) is 17.2 Å². The molecule has 6 aliphatic rings. The number of aromatic hydroxyl groups is 2. The van der Waals surface area contributed by atoms with Crippen LogP contribution in [0, 0.1) is 12.8 Å². The van der Waals surface area contributed by atoms with Gasteiger partial charge in [-0.05, 0) is 84.9 Å². The van der Waals surface area contributed by atoms with Crippen LogP contribution in [0.25, 0.3) is 10.8 Å². The summed E-state index contributed by atoms with van der Waals surface area (Å²) in [5.41, 5.74) is -1.55. The van der Waals surface area contributed by atoms with Gasteiger partial charge in [-0.3, -0.25) is 19.2 Å². The smallest absolute Gasteiger partial charge is 0.303 e. The topological polar surface area (TPSA) is 370 Å². The molecule has 26 nitrogen and oxygen atoms in total. The summed E-state index contributed by atoms with van der Waals surface area (Å²) in [4.78, 5) is 53.2. The van der Waals surface area contributed by atoms with Crippen LogP contribution in [0.15, 0.2) is 12.1 Å². The van der Waals surface area contributed by atoms with E-state index in [1.807, 2.05) is 0 Å². The number of methoxy groups -OCH3 is 1. The molecule has 5 heterocycles. The van der Waals surface area contributed by atoms with Gasteiger partial charge in [0.2, 0.25) is 6.29 Å². The lowest BCUT2D eigenvalue weighted by Gasteiger charge is -2.46. The zero-order valence-electron chi connectivity index (χ0n) is 47.7. The van der Waals surface area contributed by atoms with Crippen LogP contribution in [0.2, 0.25) is 0 Å². The van der Waals surface area contributed by atoms with E-state index < -0.39 is 188 Å². The number of rotatable bonds is 17. The number of aliphatic hydroxyl groups is 7. The van der Waals surface area contributed by atoms with Gasteiger partial charge in [0.1, 0.15) is 71.7 Å². The Morgan fingerprint density at radius 1 is 0.683 bits per heavy atom. The number of ether oxygens (including phenoxy) is 13. The molecule has 5 aliphatic heterocycles. The first-order chi connectivity index (χ1) is 38.5. The van der Waals surface area contributed by atoms with E-state index in [2.05, 4.69) is 0 Å². The summed E-state index contributed by atoms with van der Waals surface area (Å²) in [5.74, 6) is -5.43. The van der Waals surface area contributed by atoms with Gasteiger partial charge >= 0.3 is 11.9 Å². The third-order valence-corrected chi connectivity index (χ3v) is 16.4. The number of esters is 2. The molecule has 25 atom stereocenters. The number of carbonyl (C=O) groups excluding carboxylic acids is 4. The van der Waals surface area contributed by atoms with Crippen molar-refractivity contribution in [2.24, 2.45) is 5.92 Å². The highest BCUT2D eigenvalue weighted by Crippen LogP contribution is 2.48. The zero-order valence-corrected chi connectivity index (χ0v) is 47.7. The molecule has 0 aromatic heterocycles. The maximum atomic E-state index is 15.1. The summed E-state index contributed by atoms with van der Waals surface area (Å²) in [7, 11) is 1.17. The number of fused-ring (bicyclic) bond motifs is 2. The number of hydrogen-bond acceptors (Lipinski definition) is 26. The average molecular weight is 1170 g/mol. The van der Waals surface area contributed by atoms with Crippen LogP contribution in [-0.4, -0.2) is 223 Å². The van der Waals surface area contributed by atoms with E-state index in [0.29, 0.717) is 0 Å². The highest BCUT2D eigenvalue weighted by Gasteiger charge is 2.52. The Bertz CT molecular complexity index is 2600. The van der Waals surface area contributed by atoms with E-state index in [1.54, 1.807) is 27.7 Å². The van der Waals surface area contributed by atoms with E-state index in [4.69, 9.17) is 61.6 Å². The summed E-state index contributed by atoms with van der Waals surface area (Å²) >= 11 is 0. The predicted molar refractivity (Wildman–Crippen MR) is 278 cm³/mol. The third kappa shape index (κ3) is 13.5. The normalized spacial score (nSPS) is 40.1. The zero-order chi connectivity index (χ0) is 60.1. The summed E-state index contributed by atoms with van der Waals surface area (Å²) < 4.78 is 78.3. The molecule has 82 heavy (non-hydrogen) atoms. The first kappa shape index (κ1) is 63.7. The van der Waals surface area contributed by atoms with Gasteiger partial charge in [-0.1, -0.05) is 0 Å².